The van der Waals surface area contributed by atoms with E-state index in [9.17, 15) is 9.18 Å². The van der Waals surface area contributed by atoms with E-state index in [0.29, 0.717) is 12.3 Å². The zero-order valence-corrected chi connectivity index (χ0v) is 14.2. The van der Waals surface area contributed by atoms with Crippen molar-refractivity contribution in [3.05, 3.63) is 83.3 Å². The number of benzene rings is 2. The Kier molecular flexibility index (Phi) is 5.12. The summed E-state index contributed by atoms with van der Waals surface area (Å²) >= 11 is 0. The summed E-state index contributed by atoms with van der Waals surface area (Å²) in [5.74, 6) is 0.203. The smallest absolute Gasteiger partial charge is 0.255 e. The minimum Gasteiger partial charge on any atom is -0.457 e. The number of hydrogen-bond acceptors (Lipinski definition) is 4. The molecule has 1 amide bonds. The molecule has 0 aliphatic carbocycles. The summed E-state index contributed by atoms with van der Waals surface area (Å²) in [5.41, 5.74) is 7.77. The van der Waals surface area contributed by atoms with E-state index in [-0.39, 0.29) is 11.4 Å². The zero-order valence-electron chi connectivity index (χ0n) is 14.2. The van der Waals surface area contributed by atoms with Crippen LogP contribution in [0.2, 0.25) is 0 Å². The number of anilines is 1. The molecule has 26 heavy (non-hydrogen) atoms. The Hall–Kier alpha value is -3.41. The molecule has 0 atom stereocenters. The minimum atomic E-state index is -0.719. The van der Waals surface area contributed by atoms with E-state index in [0.717, 1.165) is 17.4 Å². The van der Waals surface area contributed by atoms with Gasteiger partial charge in [-0.15, -0.1) is 0 Å². The number of aromatic nitrogens is 1. The molecular weight excluding hydrogens is 333 g/mol. The number of rotatable bonds is 5. The molecule has 0 fully saturated rings. The molecule has 3 rings (SSSR count). The Morgan fingerprint density at radius 1 is 1.04 bits per heavy atom. The molecular formula is C20H18FN3O2. The number of nitrogens with zero attached hydrogens (tertiary/aromatic N) is 1. The van der Waals surface area contributed by atoms with Crippen LogP contribution in [0.1, 0.15) is 21.5 Å². The fourth-order valence-corrected chi connectivity index (χ4v) is 2.34. The summed E-state index contributed by atoms with van der Waals surface area (Å²) in [5, 5.41) is 2.73. The van der Waals surface area contributed by atoms with E-state index in [1.165, 1.54) is 11.6 Å². The third kappa shape index (κ3) is 4.36. The lowest BCUT2D eigenvalue weighted by molar-refractivity contribution is 0.0951. The highest BCUT2D eigenvalue weighted by atomic mass is 19.1. The van der Waals surface area contributed by atoms with Gasteiger partial charge in [-0.3, -0.25) is 4.79 Å². The van der Waals surface area contributed by atoms with Gasteiger partial charge in [-0.05, 0) is 48.9 Å². The molecule has 2 aromatic carbocycles. The second kappa shape index (κ2) is 7.65. The van der Waals surface area contributed by atoms with Gasteiger partial charge >= 0.3 is 0 Å². The first-order valence-electron chi connectivity index (χ1n) is 8.05. The number of carbonyl (C=O) groups excluding carboxylic acids is 1. The van der Waals surface area contributed by atoms with Crippen molar-refractivity contribution < 1.29 is 13.9 Å². The van der Waals surface area contributed by atoms with Crippen molar-refractivity contribution in [2.24, 2.45) is 0 Å². The standard InChI is InChI=1S/C20H18FN3O2/c1-13-2-6-15(7-3-13)26-16-8-4-14(5-9-16)12-23-20(25)17-10-11-18(21)24-19(17)22/h2-11H,12H2,1H3,(H2,22,24)(H,23,25). The van der Waals surface area contributed by atoms with Crippen LogP contribution in [0.5, 0.6) is 11.5 Å². The molecule has 0 saturated carbocycles. The van der Waals surface area contributed by atoms with Crippen molar-refractivity contribution >= 4 is 11.7 Å². The normalized spacial score (nSPS) is 10.4. The first-order chi connectivity index (χ1) is 12.5. The molecule has 3 N–H and O–H groups in total. The predicted molar refractivity (Wildman–Crippen MR) is 97.5 cm³/mol. The first-order valence-corrected chi connectivity index (χ1v) is 8.05. The first kappa shape index (κ1) is 17.4. The maximum Gasteiger partial charge on any atom is 0.255 e. The summed E-state index contributed by atoms with van der Waals surface area (Å²) < 4.78 is 18.7. The van der Waals surface area contributed by atoms with Crippen LogP contribution in [-0.4, -0.2) is 10.9 Å². The fourth-order valence-electron chi connectivity index (χ4n) is 2.34. The Bertz CT molecular complexity index is 909. The lowest BCUT2D eigenvalue weighted by Gasteiger charge is -2.09. The van der Waals surface area contributed by atoms with Gasteiger partial charge in [-0.2, -0.15) is 4.39 Å². The Morgan fingerprint density at radius 3 is 2.27 bits per heavy atom. The minimum absolute atomic E-state index is 0.135. The van der Waals surface area contributed by atoms with Crippen molar-refractivity contribution in [1.29, 1.82) is 0 Å². The number of pyridine rings is 1. The number of nitrogen functional groups attached to an aromatic ring is 1. The van der Waals surface area contributed by atoms with Crippen molar-refractivity contribution in [3.8, 4) is 11.5 Å². The quantitative estimate of drug-likeness (QED) is 0.685. The topological polar surface area (TPSA) is 77.2 Å². The summed E-state index contributed by atoms with van der Waals surface area (Å²) in [4.78, 5) is 15.5. The molecule has 0 spiro atoms. The summed E-state index contributed by atoms with van der Waals surface area (Å²) in [6, 6.07) is 17.6. The van der Waals surface area contributed by atoms with Crippen LogP contribution >= 0.6 is 0 Å². The van der Waals surface area contributed by atoms with E-state index in [4.69, 9.17) is 10.5 Å². The molecule has 132 valence electrons. The number of aryl methyl sites for hydroxylation is 1. The maximum atomic E-state index is 12.9. The highest BCUT2D eigenvalue weighted by molar-refractivity contribution is 5.98. The number of halogens is 1. The molecule has 1 heterocycles. The van der Waals surface area contributed by atoms with Gasteiger partial charge in [0.15, 0.2) is 0 Å². The summed E-state index contributed by atoms with van der Waals surface area (Å²) in [6.45, 7) is 2.32. The van der Waals surface area contributed by atoms with Crippen molar-refractivity contribution in [2.75, 3.05) is 5.73 Å². The highest BCUT2D eigenvalue weighted by Crippen LogP contribution is 2.22. The number of nitrogens with one attached hydrogen (secondary N) is 1. The van der Waals surface area contributed by atoms with Crippen LogP contribution in [0, 0.1) is 12.9 Å². The number of carbonyl (C=O) groups is 1. The van der Waals surface area contributed by atoms with E-state index in [2.05, 4.69) is 10.3 Å². The molecule has 1 aromatic heterocycles. The third-order valence-electron chi connectivity index (χ3n) is 3.77. The molecule has 0 unspecified atom stereocenters. The molecule has 0 saturated heterocycles. The average Bonchev–Trinajstić information content (AvgIpc) is 2.63. The van der Waals surface area contributed by atoms with Gasteiger partial charge in [0, 0.05) is 6.54 Å². The highest BCUT2D eigenvalue weighted by Gasteiger charge is 2.11. The lowest BCUT2D eigenvalue weighted by Crippen LogP contribution is -2.24. The average molecular weight is 351 g/mol. The van der Waals surface area contributed by atoms with Gasteiger partial charge in [0.2, 0.25) is 5.95 Å². The molecule has 5 nitrogen and oxygen atoms in total. The van der Waals surface area contributed by atoms with Crippen LogP contribution < -0.4 is 15.8 Å². The van der Waals surface area contributed by atoms with E-state index in [1.807, 2.05) is 55.5 Å². The van der Waals surface area contributed by atoms with Gasteiger partial charge in [0.05, 0.1) is 5.56 Å². The molecule has 0 radical (unpaired) electrons. The van der Waals surface area contributed by atoms with E-state index >= 15 is 0 Å². The largest absolute Gasteiger partial charge is 0.457 e. The molecule has 0 aliphatic heterocycles. The van der Waals surface area contributed by atoms with Gasteiger partial charge < -0.3 is 15.8 Å². The third-order valence-corrected chi connectivity index (χ3v) is 3.77. The van der Waals surface area contributed by atoms with Gasteiger partial charge in [-0.25, -0.2) is 4.98 Å². The van der Waals surface area contributed by atoms with Gasteiger partial charge in [0.1, 0.15) is 17.3 Å². The molecule has 6 heteroatoms. The van der Waals surface area contributed by atoms with E-state index in [1.54, 1.807) is 0 Å². The monoisotopic (exact) mass is 351 g/mol. The maximum absolute atomic E-state index is 12.9. The second-order valence-electron chi connectivity index (χ2n) is 5.81. The van der Waals surface area contributed by atoms with Crippen LogP contribution in [-0.2, 0) is 6.54 Å². The van der Waals surface area contributed by atoms with Crippen molar-refractivity contribution in [2.45, 2.75) is 13.5 Å². The number of ether oxygens (including phenoxy) is 1. The van der Waals surface area contributed by atoms with Crippen molar-refractivity contribution in [3.63, 3.8) is 0 Å². The lowest BCUT2D eigenvalue weighted by atomic mass is 10.2. The summed E-state index contributed by atoms with van der Waals surface area (Å²) in [7, 11) is 0. The second-order valence-corrected chi connectivity index (χ2v) is 5.81. The number of hydrogen-bond donors (Lipinski definition) is 2. The Labute approximate surface area is 150 Å². The Balaban J connectivity index is 1.58. The van der Waals surface area contributed by atoms with Crippen LogP contribution in [0.3, 0.4) is 0 Å². The molecule has 0 aliphatic rings. The SMILES string of the molecule is Cc1ccc(Oc2ccc(CNC(=O)c3ccc(F)nc3N)cc2)cc1. The number of amides is 1. The predicted octanol–water partition coefficient (Wildman–Crippen LogP) is 3.83. The van der Waals surface area contributed by atoms with Crippen molar-refractivity contribution in [1.82, 2.24) is 10.3 Å². The van der Waals surface area contributed by atoms with Crippen LogP contribution in [0.4, 0.5) is 10.2 Å². The summed E-state index contributed by atoms with van der Waals surface area (Å²) in [6.07, 6.45) is 0. The Morgan fingerprint density at radius 2 is 1.65 bits per heavy atom. The van der Waals surface area contributed by atoms with Gasteiger partial charge in [-0.1, -0.05) is 29.8 Å². The molecule has 0 bridgehead atoms. The van der Waals surface area contributed by atoms with Gasteiger partial charge in [0.25, 0.3) is 5.91 Å². The molecule has 3 aromatic rings. The van der Waals surface area contributed by atoms with Crippen LogP contribution in [0.15, 0.2) is 60.7 Å². The van der Waals surface area contributed by atoms with Crippen LogP contribution in [0.25, 0.3) is 0 Å². The number of nitrogens with two attached hydrogens (primary N) is 1. The fraction of sp³-hybridized carbons (Fsp3) is 0.100. The zero-order chi connectivity index (χ0) is 18.5. The van der Waals surface area contributed by atoms with E-state index < -0.39 is 11.9 Å².